The molecule has 1 aromatic carbocycles. The van der Waals surface area contributed by atoms with Gasteiger partial charge in [-0.05, 0) is 26.3 Å². The molecule has 1 N–H and O–H groups in total. The van der Waals surface area contributed by atoms with Crippen LogP contribution in [-0.4, -0.2) is 15.6 Å². The SMILES string of the molecule is CC(C)(CCn1cc(Cl)c2ccccc21)C(=O)O. The van der Waals surface area contributed by atoms with E-state index < -0.39 is 11.4 Å². The quantitative estimate of drug-likeness (QED) is 0.914. The second-order valence-corrected chi connectivity index (χ2v) is 5.53. The van der Waals surface area contributed by atoms with Crippen molar-refractivity contribution in [2.75, 3.05) is 0 Å². The fraction of sp³-hybridized carbons (Fsp3) is 0.357. The van der Waals surface area contributed by atoms with Gasteiger partial charge in [0.25, 0.3) is 0 Å². The standard InChI is InChI=1S/C14H16ClNO2/c1-14(2,13(17)18)7-8-16-9-11(15)10-5-3-4-6-12(10)16/h3-6,9H,7-8H2,1-2H3,(H,17,18). The zero-order valence-corrected chi connectivity index (χ0v) is 11.2. The van der Waals surface area contributed by atoms with Crippen LogP contribution < -0.4 is 0 Å². The van der Waals surface area contributed by atoms with E-state index in [1.165, 1.54) is 0 Å². The van der Waals surface area contributed by atoms with Crippen LogP contribution in [0.5, 0.6) is 0 Å². The number of hydrogen-bond donors (Lipinski definition) is 1. The first-order valence-electron chi connectivity index (χ1n) is 5.88. The van der Waals surface area contributed by atoms with Gasteiger partial charge in [-0.1, -0.05) is 29.8 Å². The summed E-state index contributed by atoms with van der Waals surface area (Å²) in [6.07, 6.45) is 2.43. The lowest BCUT2D eigenvalue weighted by molar-refractivity contribution is -0.147. The number of aliphatic carboxylic acids is 1. The topological polar surface area (TPSA) is 42.2 Å². The predicted octanol–water partition coefficient (Wildman–Crippen LogP) is 3.80. The number of hydrogen-bond acceptors (Lipinski definition) is 1. The Kier molecular flexibility index (Phi) is 3.35. The van der Waals surface area contributed by atoms with E-state index in [4.69, 9.17) is 16.7 Å². The van der Waals surface area contributed by atoms with Crippen molar-refractivity contribution in [2.24, 2.45) is 5.41 Å². The van der Waals surface area contributed by atoms with E-state index in [-0.39, 0.29) is 0 Å². The van der Waals surface area contributed by atoms with E-state index >= 15 is 0 Å². The van der Waals surface area contributed by atoms with Gasteiger partial charge in [-0.2, -0.15) is 0 Å². The molecule has 18 heavy (non-hydrogen) atoms. The molecule has 0 unspecified atom stereocenters. The fourth-order valence-corrected chi connectivity index (χ4v) is 2.17. The van der Waals surface area contributed by atoms with Crippen LogP contribution in [0.3, 0.4) is 0 Å². The van der Waals surface area contributed by atoms with E-state index in [0.29, 0.717) is 18.0 Å². The molecule has 2 aromatic rings. The first-order valence-corrected chi connectivity index (χ1v) is 6.26. The van der Waals surface area contributed by atoms with E-state index in [9.17, 15) is 4.79 Å². The average Bonchev–Trinajstić information content (AvgIpc) is 2.65. The summed E-state index contributed by atoms with van der Waals surface area (Å²) >= 11 is 6.15. The molecule has 1 heterocycles. The summed E-state index contributed by atoms with van der Waals surface area (Å²) in [5.74, 6) is -0.773. The van der Waals surface area contributed by atoms with Crippen LogP contribution in [-0.2, 0) is 11.3 Å². The third-order valence-corrected chi connectivity index (χ3v) is 3.60. The van der Waals surface area contributed by atoms with E-state index in [1.54, 1.807) is 13.8 Å². The molecule has 3 nitrogen and oxygen atoms in total. The average molecular weight is 266 g/mol. The number of benzene rings is 1. The first kappa shape index (κ1) is 13.0. The number of nitrogens with zero attached hydrogens (tertiary/aromatic N) is 1. The number of fused-ring (bicyclic) bond motifs is 1. The molecule has 0 saturated heterocycles. The molecule has 0 atom stereocenters. The summed E-state index contributed by atoms with van der Waals surface area (Å²) < 4.78 is 2.02. The molecule has 0 saturated carbocycles. The van der Waals surface area contributed by atoms with Gasteiger partial charge in [0.2, 0.25) is 0 Å². The minimum Gasteiger partial charge on any atom is -0.481 e. The number of carboxylic acid groups (broad SMARTS) is 1. The third kappa shape index (κ3) is 2.36. The minimum atomic E-state index is -0.773. The monoisotopic (exact) mass is 265 g/mol. The van der Waals surface area contributed by atoms with Crippen LogP contribution in [0.2, 0.25) is 5.02 Å². The Hall–Kier alpha value is -1.48. The summed E-state index contributed by atoms with van der Waals surface area (Å²) in [6, 6.07) is 7.86. The highest BCUT2D eigenvalue weighted by Gasteiger charge is 2.26. The van der Waals surface area contributed by atoms with E-state index in [0.717, 1.165) is 10.9 Å². The van der Waals surface area contributed by atoms with E-state index in [2.05, 4.69) is 0 Å². The smallest absolute Gasteiger partial charge is 0.309 e. The second-order valence-electron chi connectivity index (χ2n) is 5.13. The normalized spacial score (nSPS) is 11.9. The van der Waals surface area contributed by atoms with Crippen molar-refractivity contribution in [3.63, 3.8) is 0 Å². The summed E-state index contributed by atoms with van der Waals surface area (Å²) in [5, 5.41) is 10.8. The van der Waals surface area contributed by atoms with Crippen LogP contribution in [0.1, 0.15) is 20.3 Å². The largest absolute Gasteiger partial charge is 0.481 e. The molecule has 2 rings (SSSR count). The maximum atomic E-state index is 11.1. The number of carbonyl (C=O) groups is 1. The Labute approximate surface area is 111 Å². The molecular formula is C14H16ClNO2. The van der Waals surface area contributed by atoms with Crippen molar-refractivity contribution in [3.8, 4) is 0 Å². The van der Waals surface area contributed by atoms with Gasteiger partial charge < -0.3 is 9.67 Å². The molecular weight excluding hydrogens is 250 g/mol. The second kappa shape index (κ2) is 4.65. The van der Waals surface area contributed by atoms with Gasteiger partial charge in [-0.25, -0.2) is 0 Å². The maximum Gasteiger partial charge on any atom is 0.309 e. The van der Waals surface area contributed by atoms with Gasteiger partial charge in [0.05, 0.1) is 10.4 Å². The highest BCUT2D eigenvalue weighted by molar-refractivity contribution is 6.35. The molecule has 0 spiro atoms. The maximum absolute atomic E-state index is 11.1. The molecule has 0 amide bonds. The van der Waals surface area contributed by atoms with Crippen LogP contribution in [0.15, 0.2) is 30.5 Å². The van der Waals surface area contributed by atoms with Crippen molar-refractivity contribution in [1.82, 2.24) is 4.57 Å². The molecule has 0 aliphatic heterocycles. The Morgan fingerprint density at radius 1 is 1.39 bits per heavy atom. The molecule has 0 aliphatic rings. The van der Waals surface area contributed by atoms with Crippen molar-refractivity contribution in [2.45, 2.75) is 26.8 Å². The van der Waals surface area contributed by atoms with Gasteiger partial charge >= 0.3 is 5.97 Å². The zero-order chi connectivity index (χ0) is 13.3. The molecule has 0 aliphatic carbocycles. The summed E-state index contributed by atoms with van der Waals surface area (Å²) in [5.41, 5.74) is 0.321. The fourth-order valence-electron chi connectivity index (χ4n) is 1.89. The number of aryl methyl sites for hydroxylation is 1. The summed E-state index contributed by atoms with van der Waals surface area (Å²) in [7, 11) is 0. The Bertz CT molecular complexity index is 586. The molecule has 1 aromatic heterocycles. The highest BCUT2D eigenvalue weighted by Crippen LogP contribution is 2.28. The van der Waals surface area contributed by atoms with Crippen molar-refractivity contribution < 1.29 is 9.90 Å². The number of aromatic nitrogens is 1. The van der Waals surface area contributed by atoms with Gasteiger partial charge in [0.15, 0.2) is 0 Å². The Morgan fingerprint density at radius 2 is 2.06 bits per heavy atom. The Balaban J connectivity index is 2.25. The van der Waals surface area contributed by atoms with Crippen LogP contribution in [0.4, 0.5) is 0 Å². The van der Waals surface area contributed by atoms with Crippen molar-refractivity contribution in [3.05, 3.63) is 35.5 Å². The minimum absolute atomic E-state index is 0.567. The molecule has 96 valence electrons. The van der Waals surface area contributed by atoms with Crippen molar-refractivity contribution in [1.29, 1.82) is 0 Å². The van der Waals surface area contributed by atoms with E-state index in [1.807, 2.05) is 35.0 Å². The molecule has 4 heteroatoms. The Morgan fingerprint density at radius 3 is 2.72 bits per heavy atom. The molecule has 0 radical (unpaired) electrons. The number of rotatable bonds is 4. The lowest BCUT2D eigenvalue weighted by Crippen LogP contribution is -2.25. The zero-order valence-electron chi connectivity index (χ0n) is 10.5. The molecule has 0 bridgehead atoms. The van der Waals surface area contributed by atoms with Gasteiger partial charge in [-0.15, -0.1) is 0 Å². The third-order valence-electron chi connectivity index (χ3n) is 3.30. The summed E-state index contributed by atoms with van der Waals surface area (Å²) in [6.45, 7) is 4.12. The highest BCUT2D eigenvalue weighted by atomic mass is 35.5. The first-order chi connectivity index (χ1) is 8.42. The van der Waals surface area contributed by atoms with Gasteiger partial charge in [0, 0.05) is 23.6 Å². The van der Waals surface area contributed by atoms with Crippen LogP contribution >= 0.6 is 11.6 Å². The van der Waals surface area contributed by atoms with Crippen LogP contribution in [0.25, 0.3) is 10.9 Å². The lowest BCUT2D eigenvalue weighted by Gasteiger charge is -2.19. The molecule has 0 fully saturated rings. The van der Waals surface area contributed by atoms with Gasteiger partial charge in [-0.3, -0.25) is 4.79 Å². The van der Waals surface area contributed by atoms with Crippen molar-refractivity contribution >= 4 is 28.5 Å². The predicted molar refractivity (Wildman–Crippen MR) is 73.0 cm³/mol. The number of carboxylic acids is 1. The number of halogens is 1. The van der Waals surface area contributed by atoms with Gasteiger partial charge in [0.1, 0.15) is 0 Å². The number of para-hydroxylation sites is 1. The lowest BCUT2D eigenvalue weighted by atomic mass is 9.89. The summed E-state index contributed by atoms with van der Waals surface area (Å²) in [4.78, 5) is 11.1. The van der Waals surface area contributed by atoms with Crippen LogP contribution in [0, 0.1) is 5.41 Å².